The van der Waals surface area contributed by atoms with Crippen LogP contribution in [0.15, 0.2) is 10.3 Å². The van der Waals surface area contributed by atoms with Gasteiger partial charge < -0.3 is 96.6 Å². The van der Waals surface area contributed by atoms with Crippen LogP contribution in [-0.2, 0) is 81.0 Å². The lowest BCUT2D eigenvalue weighted by molar-refractivity contribution is -0.130. The molecule has 0 aromatic heterocycles. The number of nitrogens with one attached hydrogen (secondary N) is 8. The van der Waals surface area contributed by atoms with E-state index in [1.807, 2.05) is 27.7 Å². The summed E-state index contributed by atoms with van der Waals surface area (Å²) < 4.78 is 42.5. The van der Waals surface area contributed by atoms with E-state index in [-0.39, 0.29) is 185 Å². The van der Waals surface area contributed by atoms with Crippen molar-refractivity contribution in [2.24, 2.45) is 22.0 Å². The van der Waals surface area contributed by atoms with Gasteiger partial charge in [0.25, 0.3) is 0 Å². The summed E-state index contributed by atoms with van der Waals surface area (Å²) in [5.41, 5.74) is 5.17. The minimum atomic E-state index is -0.689. The number of carbonyl (C=O) groups is 9. The summed E-state index contributed by atoms with van der Waals surface area (Å²) in [6, 6.07) is -0.396. The molecular formula is C55H101N11O19. The van der Waals surface area contributed by atoms with Gasteiger partial charge in [0.05, 0.1) is 108 Å². The molecule has 0 radical (unpaired) electrons. The Labute approximate surface area is 500 Å². The van der Waals surface area contributed by atoms with E-state index in [1.54, 1.807) is 13.8 Å². The van der Waals surface area contributed by atoms with Crippen LogP contribution in [0.5, 0.6) is 0 Å². The Balaban J connectivity index is 3.93. The zero-order valence-electron chi connectivity index (χ0n) is 51.3. The van der Waals surface area contributed by atoms with Gasteiger partial charge in [-0.2, -0.15) is 0 Å². The first kappa shape index (κ1) is 79.2. The van der Waals surface area contributed by atoms with Crippen molar-refractivity contribution < 1.29 is 91.5 Å². The van der Waals surface area contributed by atoms with Crippen LogP contribution in [0.1, 0.15) is 113 Å². The van der Waals surface area contributed by atoms with Crippen LogP contribution in [-0.4, -0.2) is 243 Å². The highest BCUT2D eigenvalue weighted by Crippen LogP contribution is 2.14. The number of ether oxygens (including phenoxy) is 8. The van der Waals surface area contributed by atoms with E-state index in [1.165, 1.54) is 6.92 Å². The summed E-state index contributed by atoms with van der Waals surface area (Å²) in [6.07, 6.45) is 2.59. The van der Waals surface area contributed by atoms with E-state index >= 15 is 0 Å². The number of hydrogen-bond acceptors (Lipinski definition) is 23. The van der Waals surface area contributed by atoms with Crippen LogP contribution < -0.4 is 48.3 Å². The van der Waals surface area contributed by atoms with E-state index in [4.69, 9.17) is 43.6 Å². The first-order chi connectivity index (χ1) is 40.5. The Morgan fingerprint density at radius 3 is 1.18 bits per heavy atom. The number of carbonyl (C=O) groups excluding carboxylic acids is 9. The molecule has 0 bridgehead atoms. The number of oxime groups is 2. The lowest BCUT2D eigenvalue weighted by atomic mass is 9.95. The van der Waals surface area contributed by atoms with Crippen molar-refractivity contribution in [2.75, 3.05) is 152 Å². The average Bonchev–Trinajstić information content (AvgIpc) is 3.50. The Hall–Kier alpha value is -5.83. The fourth-order valence-corrected chi connectivity index (χ4v) is 7.01. The summed E-state index contributed by atoms with van der Waals surface area (Å²) in [5, 5.41) is 48.2. The number of nitrogens with two attached hydrogens (primary N) is 1. The molecule has 12 N–H and O–H groups in total. The Morgan fingerprint density at radius 1 is 0.435 bits per heavy atom. The van der Waals surface area contributed by atoms with Gasteiger partial charge in [0.15, 0.2) is 11.6 Å². The molecule has 0 fully saturated rings. The van der Waals surface area contributed by atoms with Gasteiger partial charge in [-0.1, -0.05) is 16.7 Å². The van der Waals surface area contributed by atoms with Gasteiger partial charge in [-0.15, -0.1) is 0 Å². The van der Waals surface area contributed by atoms with Crippen LogP contribution in [0.2, 0.25) is 0 Å². The van der Waals surface area contributed by atoms with E-state index in [9.17, 15) is 53.6 Å². The van der Waals surface area contributed by atoms with Crippen LogP contribution in [0.3, 0.4) is 0 Å². The topological polar surface area (TPSA) is 415 Å². The number of rotatable bonds is 57. The Morgan fingerprint density at radius 2 is 0.788 bits per heavy atom. The third-order valence-corrected chi connectivity index (χ3v) is 12.6. The lowest BCUT2D eigenvalue weighted by Crippen LogP contribution is -2.57. The van der Waals surface area contributed by atoms with Crippen molar-refractivity contribution in [1.29, 1.82) is 0 Å². The number of primary amides is 1. The predicted octanol–water partition coefficient (Wildman–Crippen LogP) is -1.22. The first-order valence-electron chi connectivity index (χ1n) is 29.0. The summed E-state index contributed by atoms with van der Waals surface area (Å²) in [4.78, 5) is 109. The highest BCUT2D eigenvalue weighted by molar-refractivity contribution is 5.91. The summed E-state index contributed by atoms with van der Waals surface area (Å²) in [6.45, 7) is 16.4. The smallest absolute Gasteiger partial charge is 0.246 e. The molecule has 0 aliphatic rings. The molecule has 0 heterocycles. The minimum Gasteiger partial charge on any atom is -0.411 e. The van der Waals surface area contributed by atoms with Crippen molar-refractivity contribution in [3.05, 3.63) is 0 Å². The maximum atomic E-state index is 12.9. The standard InChI is InChI=1S/C55H101N11O19/c1-41(67)37-82-30-26-80-24-20-60-51(73)39-84-32-28-78-22-18-58-48(70)13-10-14-49(71)59-19-23-79-29-33-85-40-52(74)61-21-25-81-27-31-83-38-46(68)34-44(53(56)75)12-8-9-17-57-47(69)15-11-16-50(72)64-45(35-62-54(4,5)42(2)65-76)36-63-55(6,7)43(3)66-77/h44-45,62-63,76-77H,8-40H2,1-7H3,(H2,56,75)(H,57,69)(H,58,70)(H,59,71)(H,60,73)(H,61,74)(H,64,72)/b65-42+,66-43+/t44-/m1/s1. The summed E-state index contributed by atoms with van der Waals surface area (Å²) in [7, 11) is 0. The van der Waals surface area contributed by atoms with Crippen molar-refractivity contribution in [3.63, 3.8) is 0 Å². The SMILES string of the molecule is CC(=O)COCCOCCNC(=O)COCCOCCNC(=O)CCCC(=O)NCCOCCOCC(=O)NCCOCCOCC(=O)C[C@@H](CCCCNC(=O)CCCC(=O)NC(CNC(C)(C)/C(C)=N/O)CNC(C)(C)/C(C)=N/O)C(N)=O. The molecule has 0 saturated carbocycles. The molecule has 7 amide bonds. The number of unbranched alkanes of at least 4 members (excludes halogenated alkanes) is 1. The molecule has 30 nitrogen and oxygen atoms in total. The molecule has 1 atom stereocenters. The van der Waals surface area contributed by atoms with E-state index in [0.29, 0.717) is 89.5 Å². The van der Waals surface area contributed by atoms with Crippen molar-refractivity contribution in [3.8, 4) is 0 Å². The van der Waals surface area contributed by atoms with Crippen LogP contribution in [0.4, 0.5) is 0 Å². The molecule has 0 aliphatic heterocycles. The molecular weight excluding hydrogens is 1120 g/mol. The zero-order valence-corrected chi connectivity index (χ0v) is 51.3. The van der Waals surface area contributed by atoms with Crippen LogP contribution in [0.25, 0.3) is 0 Å². The zero-order chi connectivity index (χ0) is 63.6. The second kappa shape index (κ2) is 50.3. The van der Waals surface area contributed by atoms with Gasteiger partial charge in [-0.05, 0) is 74.1 Å². The van der Waals surface area contributed by atoms with E-state index < -0.39 is 28.9 Å². The molecule has 0 aromatic carbocycles. The normalized spacial score (nSPS) is 12.4. The van der Waals surface area contributed by atoms with Gasteiger partial charge >= 0.3 is 0 Å². The first-order valence-corrected chi connectivity index (χ1v) is 29.0. The largest absolute Gasteiger partial charge is 0.411 e. The maximum Gasteiger partial charge on any atom is 0.246 e. The number of hydrogen-bond donors (Lipinski definition) is 11. The lowest BCUT2D eigenvalue weighted by Gasteiger charge is -2.32. The van der Waals surface area contributed by atoms with Gasteiger partial charge in [-0.3, -0.25) is 43.2 Å². The maximum absolute atomic E-state index is 12.9. The second-order valence-corrected chi connectivity index (χ2v) is 20.8. The number of ketones is 2. The molecule has 490 valence electrons. The molecule has 0 aliphatic carbocycles. The average molecular weight is 1220 g/mol. The second-order valence-electron chi connectivity index (χ2n) is 20.8. The van der Waals surface area contributed by atoms with E-state index in [0.717, 1.165) is 0 Å². The molecule has 30 heteroatoms. The molecule has 0 unspecified atom stereocenters. The Kier molecular flexibility index (Phi) is 46.9. The molecule has 0 spiro atoms. The minimum absolute atomic E-state index is 0.0481. The molecule has 0 aromatic rings. The van der Waals surface area contributed by atoms with Crippen molar-refractivity contribution in [1.82, 2.24) is 42.5 Å². The van der Waals surface area contributed by atoms with Crippen molar-refractivity contribution >= 4 is 64.3 Å². The monoisotopic (exact) mass is 1220 g/mol. The van der Waals surface area contributed by atoms with Crippen molar-refractivity contribution in [2.45, 2.75) is 130 Å². The predicted molar refractivity (Wildman–Crippen MR) is 312 cm³/mol. The highest BCUT2D eigenvalue weighted by Gasteiger charge is 2.27. The van der Waals surface area contributed by atoms with Gasteiger partial charge in [0, 0.05) is 83.8 Å². The van der Waals surface area contributed by atoms with Crippen LogP contribution >= 0.6 is 0 Å². The fourth-order valence-electron chi connectivity index (χ4n) is 7.01. The van der Waals surface area contributed by atoms with Gasteiger partial charge in [0.2, 0.25) is 41.4 Å². The summed E-state index contributed by atoms with van der Waals surface area (Å²) in [5.74, 6) is -3.21. The quantitative estimate of drug-likeness (QED) is 0.0147. The van der Waals surface area contributed by atoms with Gasteiger partial charge in [-0.25, -0.2) is 0 Å². The molecule has 0 saturated heterocycles. The third kappa shape index (κ3) is 47.1. The fraction of sp³-hybridized carbons (Fsp3) is 0.800. The number of Topliss-reactive ketones (excluding diaryl/α,β-unsaturated/α-hetero) is 2. The molecule has 0 rings (SSSR count). The number of amides is 7. The van der Waals surface area contributed by atoms with Gasteiger partial charge in [0.1, 0.15) is 26.4 Å². The van der Waals surface area contributed by atoms with Crippen LogP contribution in [0, 0.1) is 5.92 Å². The van der Waals surface area contributed by atoms with E-state index in [2.05, 4.69) is 52.8 Å². The number of nitrogens with zero attached hydrogens (tertiary/aromatic N) is 2. The highest BCUT2D eigenvalue weighted by atomic mass is 16.5. The third-order valence-electron chi connectivity index (χ3n) is 12.6. The Bertz CT molecular complexity index is 1960. The summed E-state index contributed by atoms with van der Waals surface area (Å²) >= 11 is 0. The molecule has 85 heavy (non-hydrogen) atoms.